The summed E-state index contributed by atoms with van der Waals surface area (Å²) in [6, 6.07) is 6.48. The van der Waals surface area contributed by atoms with Gasteiger partial charge in [-0.05, 0) is 55.5 Å². The number of piperidine rings is 1. The van der Waals surface area contributed by atoms with Gasteiger partial charge in [-0.2, -0.15) is 0 Å². The Morgan fingerprint density at radius 3 is 2.76 bits per heavy atom. The molecule has 0 radical (unpaired) electrons. The summed E-state index contributed by atoms with van der Waals surface area (Å²) in [5, 5.41) is 6.99. The van der Waals surface area contributed by atoms with Gasteiger partial charge in [0.2, 0.25) is 5.91 Å². The minimum absolute atomic E-state index is 0. The second-order valence-electron chi connectivity index (χ2n) is 6.79. The third-order valence-corrected chi connectivity index (χ3v) is 6.09. The highest BCUT2D eigenvalue weighted by atomic mass is 35.5. The van der Waals surface area contributed by atoms with Gasteiger partial charge in [0.1, 0.15) is 5.82 Å². The van der Waals surface area contributed by atoms with E-state index in [0.29, 0.717) is 11.6 Å². The number of anilines is 1. The summed E-state index contributed by atoms with van der Waals surface area (Å²) in [7, 11) is 0. The molecule has 1 atom stereocenters. The van der Waals surface area contributed by atoms with Crippen LogP contribution in [0.1, 0.15) is 29.7 Å². The van der Waals surface area contributed by atoms with E-state index in [1.165, 1.54) is 23.5 Å². The first-order chi connectivity index (χ1) is 11.6. The summed E-state index contributed by atoms with van der Waals surface area (Å²) < 4.78 is 12.9. The fourth-order valence-corrected chi connectivity index (χ4v) is 4.49. The van der Waals surface area contributed by atoms with Crippen molar-refractivity contribution < 1.29 is 9.18 Å². The van der Waals surface area contributed by atoms with Crippen LogP contribution in [0.15, 0.2) is 30.5 Å². The molecule has 1 spiro atoms. The molecule has 4 nitrogen and oxygen atoms in total. The van der Waals surface area contributed by atoms with E-state index in [0.717, 1.165) is 42.8 Å². The number of hydrogen-bond donors (Lipinski definition) is 2. The van der Waals surface area contributed by atoms with Crippen molar-refractivity contribution in [2.45, 2.75) is 25.7 Å². The number of halogens is 2. The fraction of sp³-hybridized carbons (Fsp3) is 0.444. The van der Waals surface area contributed by atoms with Crippen molar-refractivity contribution in [1.82, 2.24) is 10.3 Å². The smallest absolute Gasteiger partial charge is 0.229 e. The zero-order valence-corrected chi connectivity index (χ0v) is 15.4. The van der Waals surface area contributed by atoms with Gasteiger partial charge >= 0.3 is 0 Å². The van der Waals surface area contributed by atoms with Crippen LogP contribution in [-0.2, 0) is 11.2 Å². The van der Waals surface area contributed by atoms with Gasteiger partial charge in [-0.15, -0.1) is 23.7 Å². The summed E-state index contributed by atoms with van der Waals surface area (Å²) in [5.74, 6) is 0.0240. The van der Waals surface area contributed by atoms with Crippen LogP contribution >= 0.6 is 23.7 Å². The summed E-state index contributed by atoms with van der Waals surface area (Å²) in [4.78, 5) is 17.8. The molecule has 134 valence electrons. The molecule has 25 heavy (non-hydrogen) atoms. The van der Waals surface area contributed by atoms with Crippen LogP contribution in [0.5, 0.6) is 0 Å². The highest BCUT2D eigenvalue weighted by Gasteiger charge is 2.57. The normalized spacial score (nSPS) is 20.8. The van der Waals surface area contributed by atoms with E-state index in [1.807, 2.05) is 0 Å². The molecule has 1 aromatic heterocycles. The van der Waals surface area contributed by atoms with Crippen molar-refractivity contribution >= 4 is 34.8 Å². The highest BCUT2D eigenvalue weighted by Crippen LogP contribution is 2.58. The van der Waals surface area contributed by atoms with Crippen LogP contribution in [0.4, 0.5) is 9.52 Å². The summed E-state index contributed by atoms with van der Waals surface area (Å²) in [6.07, 6.45) is 5.69. The molecule has 1 unspecified atom stereocenters. The first kappa shape index (κ1) is 18.3. The number of nitrogens with one attached hydrogen (secondary N) is 2. The Bertz CT molecular complexity index is 743. The van der Waals surface area contributed by atoms with Crippen LogP contribution < -0.4 is 10.6 Å². The Hall–Kier alpha value is -1.50. The topological polar surface area (TPSA) is 54.0 Å². The zero-order chi connectivity index (χ0) is 16.6. The van der Waals surface area contributed by atoms with E-state index in [4.69, 9.17) is 0 Å². The maximum atomic E-state index is 12.9. The zero-order valence-electron chi connectivity index (χ0n) is 13.8. The quantitative estimate of drug-likeness (QED) is 0.850. The van der Waals surface area contributed by atoms with Crippen molar-refractivity contribution in [3.63, 3.8) is 0 Å². The van der Waals surface area contributed by atoms with Crippen molar-refractivity contribution in [1.29, 1.82) is 0 Å². The summed E-state index contributed by atoms with van der Waals surface area (Å²) >= 11 is 1.49. The van der Waals surface area contributed by atoms with Gasteiger partial charge < -0.3 is 10.6 Å². The molecule has 1 saturated carbocycles. The number of nitrogens with zero attached hydrogens (tertiary/aromatic N) is 1. The maximum Gasteiger partial charge on any atom is 0.229 e. The molecule has 2 N–H and O–H groups in total. The van der Waals surface area contributed by atoms with E-state index in [9.17, 15) is 9.18 Å². The molecule has 1 aliphatic carbocycles. The molecule has 0 bridgehead atoms. The van der Waals surface area contributed by atoms with E-state index in [1.54, 1.807) is 18.3 Å². The lowest BCUT2D eigenvalue weighted by Gasteiger charge is -2.22. The largest absolute Gasteiger partial charge is 0.317 e. The Labute approximate surface area is 156 Å². The molecule has 1 aromatic carbocycles. The number of rotatable bonds is 4. The van der Waals surface area contributed by atoms with Gasteiger partial charge in [-0.3, -0.25) is 4.79 Å². The average Bonchev–Trinajstić information content (AvgIpc) is 3.09. The second-order valence-corrected chi connectivity index (χ2v) is 7.91. The standard InChI is InChI=1S/C18H20FN3OS.ClH/c19-13-3-1-12(2-4-13)9-14-11-21-17(24-14)22-16(23)15-10-18(15)5-7-20-8-6-18;/h1-4,11,15,20H,5-10H2,(H,21,22,23);1H. The fourth-order valence-electron chi connectivity index (χ4n) is 3.64. The van der Waals surface area contributed by atoms with Gasteiger partial charge in [-0.1, -0.05) is 12.1 Å². The van der Waals surface area contributed by atoms with Crippen LogP contribution in [0, 0.1) is 17.2 Å². The third-order valence-electron chi connectivity index (χ3n) is 5.18. The number of amides is 1. The Morgan fingerprint density at radius 1 is 1.32 bits per heavy atom. The van der Waals surface area contributed by atoms with E-state index in [2.05, 4.69) is 15.6 Å². The number of aromatic nitrogens is 1. The van der Waals surface area contributed by atoms with Gasteiger partial charge in [0, 0.05) is 23.4 Å². The lowest BCUT2D eigenvalue weighted by molar-refractivity contribution is -0.118. The number of thiazole rings is 1. The molecule has 1 aliphatic heterocycles. The first-order valence-electron chi connectivity index (χ1n) is 8.35. The Balaban J connectivity index is 0.00000182. The van der Waals surface area contributed by atoms with E-state index in [-0.39, 0.29) is 35.5 Å². The SMILES string of the molecule is Cl.O=C(Nc1ncc(Cc2ccc(F)cc2)s1)C1CC12CCNCC2. The lowest BCUT2D eigenvalue weighted by atomic mass is 9.92. The maximum absolute atomic E-state index is 12.9. The van der Waals surface area contributed by atoms with Crippen molar-refractivity contribution in [2.24, 2.45) is 11.3 Å². The van der Waals surface area contributed by atoms with E-state index < -0.39 is 0 Å². The van der Waals surface area contributed by atoms with Crippen molar-refractivity contribution in [3.05, 3.63) is 46.7 Å². The van der Waals surface area contributed by atoms with Crippen LogP contribution in [0.2, 0.25) is 0 Å². The molecule has 1 amide bonds. The summed E-state index contributed by atoms with van der Waals surface area (Å²) in [6.45, 7) is 2.03. The molecule has 2 fully saturated rings. The molecular formula is C18H21ClFN3OS. The molecule has 2 heterocycles. The highest BCUT2D eigenvalue weighted by molar-refractivity contribution is 7.15. The Kier molecular flexibility index (Phi) is 5.41. The monoisotopic (exact) mass is 381 g/mol. The number of carbonyl (C=O) groups is 1. The Morgan fingerprint density at radius 2 is 2.04 bits per heavy atom. The number of benzene rings is 1. The van der Waals surface area contributed by atoms with Gasteiger partial charge in [-0.25, -0.2) is 9.37 Å². The number of hydrogen-bond acceptors (Lipinski definition) is 4. The molecule has 1 saturated heterocycles. The van der Waals surface area contributed by atoms with Gasteiger partial charge in [0.05, 0.1) is 0 Å². The van der Waals surface area contributed by atoms with Gasteiger partial charge in [0.25, 0.3) is 0 Å². The minimum atomic E-state index is -0.229. The van der Waals surface area contributed by atoms with Crippen molar-refractivity contribution in [3.8, 4) is 0 Å². The van der Waals surface area contributed by atoms with Crippen LogP contribution in [0.3, 0.4) is 0 Å². The third kappa shape index (κ3) is 4.02. The predicted molar refractivity (Wildman–Crippen MR) is 99.8 cm³/mol. The van der Waals surface area contributed by atoms with E-state index >= 15 is 0 Å². The van der Waals surface area contributed by atoms with Crippen LogP contribution in [0.25, 0.3) is 0 Å². The molecular weight excluding hydrogens is 361 g/mol. The van der Waals surface area contributed by atoms with Crippen molar-refractivity contribution in [2.75, 3.05) is 18.4 Å². The molecule has 7 heteroatoms. The van der Waals surface area contributed by atoms with Crippen LogP contribution in [-0.4, -0.2) is 24.0 Å². The van der Waals surface area contributed by atoms with Gasteiger partial charge in [0.15, 0.2) is 5.13 Å². The summed E-state index contributed by atoms with van der Waals surface area (Å²) in [5.41, 5.74) is 1.28. The minimum Gasteiger partial charge on any atom is -0.317 e. The second kappa shape index (κ2) is 7.40. The molecule has 2 aromatic rings. The average molecular weight is 382 g/mol. The predicted octanol–water partition coefficient (Wildman–Crippen LogP) is 3.62. The molecule has 4 rings (SSSR count). The molecule has 2 aliphatic rings. The number of carbonyl (C=O) groups excluding carboxylic acids is 1. The lowest BCUT2D eigenvalue weighted by Crippen LogP contribution is -2.31. The first-order valence-corrected chi connectivity index (χ1v) is 9.17.